The molecule has 186 valence electrons. The molecule has 0 aliphatic heterocycles. The molecule has 3 rings (SSSR count). The summed E-state index contributed by atoms with van der Waals surface area (Å²) in [6.45, 7) is 8.76. The molecule has 11 heteroatoms. The van der Waals surface area contributed by atoms with Gasteiger partial charge in [0.05, 0.1) is 11.7 Å². The van der Waals surface area contributed by atoms with Crippen LogP contribution in [0.25, 0.3) is 16.6 Å². The van der Waals surface area contributed by atoms with Crippen LogP contribution in [0.4, 0.5) is 24.1 Å². The highest BCUT2D eigenvalue weighted by Gasteiger charge is 2.25. The van der Waals surface area contributed by atoms with E-state index in [0.29, 0.717) is 12.2 Å². The van der Waals surface area contributed by atoms with Gasteiger partial charge in [-0.2, -0.15) is 0 Å². The summed E-state index contributed by atoms with van der Waals surface area (Å²) in [5.74, 6) is -1.89. The van der Waals surface area contributed by atoms with Crippen LogP contribution in [0.3, 0.4) is 0 Å². The number of hydrogen-bond acceptors (Lipinski definition) is 5. The number of nitrogens with zero attached hydrogens (tertiary/aromatic N) is 2. The molecule has 3 N–H and O–H groups in total. The van der Waals surface area contributed by atoms with Crippen LogP contribution in [0, 0.1) is 11.6 Å². The monoisotopic (exact) mass is 487 g/mol. The SMILES string of the molecule is CCNC(=O)Nc1cccc(-n2c([C@H](C)NC(=O)OC(C)(C)C)nc3c(F)ccc(F)c3c2=O)c1. The van der Waals surface area contributed by atoms with Gasteiger partial charge in [0.15, 0.2) is 0 Å². The molecule has 9 nitrogen and oxygen atoms in total. The van der Waals surface area contributed by atoms with E-state index in [0.717, 1.165) is 16.7 Å². The maximum atomic E-state index is 14.6. The lowest BCUT2D eigenvalue weighted by Crippen LogP contribution is -2.37. The van der Waals surface area contributed by atoms with E-state index in [9.17, 15) is 23.2 Å². The first-order valence-corrected chi connectivity index (χ1v) is 11.0. The van der Waals surface area contributed by atoms with Crippen LogP contribution >= 0.6 is 0 Å². The van der Waals surface area contributed by atoms with Gasteiger partial charge in [0.2, 0.25) is 0 Å². The maximum Gasteiger partial charge on any atom is 0.408 e. The van der Waals surface area contributed by atoms with E-state index in [1.165, 1.54) is 13.0 Å². The molecule has 3 amide bonds. The molecule has 0 saturated heterocycles. The van der Waals surface area contributed by atoms with Crippen molar-refractivity contribution in [3.8, 4) is 5.69 Å². The minimum absolute atomic E-state index is 0.0620. The van der Waals surface area contributed by atoms with E-state index in [2.05, 4.69) is 20.9 Å². The van der Waals surface area contributed by atoms with Crippen LogP contribution in [0.1, 0.15) is 46.5 Å². The number of amides is 3. The molecule has 1 atom stereocenters. The third-order valence-electron chi connectivity index (χ3n) is 4.77. The van der Waals surface area contributed by atoms with Crippen molar-refractivity contribution in [1.29, 1.82) is 0 Å². The van der Waals surface area contributed by atoms with Gasteiger partial charge >= 0.3 is 12.1 Å². The first-order chi connectivity index (χ1) is 16.4. The summed E-state index contributed by atoms with van der Waals surface area (Å²) in [4.78, 5) is 42.0. The summed E-state index contributed by atoms with van der Waals surface area (Å²) in [5.41, 5.74) is -1.56. The summed E-state index contributed by atoms with van der Waals surface area (Å²) < 4.78 is 35.5. The number of ether oxygens (including phenoxy) is 1. The average Bonchev–Trinajstić information content (AvgIpc) is 2.74. The van der Waals surface area contributed by atoms with Gasteiger partial charge in [0.1, 0.15) is 34.0 Å². The Balaban J connectivity index is 2.19. The zero-order valence-corrected chi connectivity index (χ0v) is 20.0. The highest BCUT2D eigenvalue weighted by molar-refractivity contribution is 5.89. The lowest BCUT2D eigenvalue weighted by atomic mass is 10.1. The number of nitrogens with one attached hydrogen (secondary N) is 3. The van der Waals surface area contributed by atoms with Crippen LogP contribution in [0.5, 0.6) is 0 Å². The Kier molecular flexibility index (Phi) is 7.37. The van der Waals surface area contributed by atoms with Crippen molar-refractivity contribution in [3.05, 3.63) is 64.2 Å². The predicted molar refractivity (Wildman–Crippen MR) is 128 cm³/mol. The van der Waals surface area contributed by atoms with Crippen molar-refractivity contribution in [1.82, 2.24) is 20.2 Å². The molecule has 0 aliphatic rings. The van der Waals surface area contributed by atoms with Crippen LogP contribution in [0.15, 0.2) is 41.2 Å². The molecule has 0 spiro atoms. The van der Waals surface area contributed by atoms with Crippen molar-refractivity contribution in [3.63, 3.8) is 0 Å². The zero-order chi connectivity index (χ0) is 25.9. The highest BCUT2D eigenvalue weighted by Crippen LogP contribution is 2.23. The Hall–Kier alpha value is -4.02. The molecule has 0 saturated carbocycles. The molecule has 0 bridgehead atoms. The Bertz CT molecular complexity index is 1330. The second-order valence-corrected chi connectivity index (χ2v) is 8.77. The standard InChI is InChI=1S/C24H27F2N5O4/c1-6-27-22(33)29-14-8-7-9-15(12-14)31-20(13(2)28-23(34)35-24(3,4)5)30-19-17(26)11-10-16(25)18(19)21(31)32/h7-13H,6H2,1-5H3,(H,28,34)(H2,27,29,33)/t13-/m0/s1. The third-order valence-corrected chi connectivity index (χ3v) is 4.77. The van der Waals surface area contributed by atoms with E-state index in [1.54, 1.807) is 45.9 Å². The molecule has 1 heterocycles. The van der Waals surface area contributed by atoms with Gasteiger partial charge in [-0.3, -0.25) is 9.36 Å². The Morgan fingerprint density at radius 1 is 1.14 bits per heavy atom. The van der Waals surface area contributed by atoms with Crippen LogP contribution in [-0.4, -0.2) is 33.8 Å². The molecule has 0 unspecified atom stereocenters. The lowest BCUT2D eigenvalue weighted by molar-refractivity contribution is 0.0505. The number of hydrogen-bond donors (Lipinski definition) is 3. The Labute approximate surface area is 200 Å². The molecular formula is C24H27F2N5O4. The number of halogens is 2. The minimum Gasteiger partial charge on any atom is -0.444 e. The van der Waals surface area contributed by atoms with Gasteiger partial charge in [-0.05, 0) is 65.0 Å². The van der Waals surface area contributed by atoms with Gasteiger partial charge in [-0.15, -0.1) is 0 Å². The summed E-state index contributed by atoms with van der Waals surface area (Å²) >= 11 is 0. The number of rotatable bonds is 5. The van der Waals surface area contributed by atoms with Crippen molar-refractivity contribution in [2.75, 3.05) is 11.9 Å². The molecule has 0 aliphatic carbocycles. The topological polar surface area (TPSA) is 114 Å². The summed E-state index contributed by atoms with van der Waals surface area (Å²) in [6.07, 6.45) is -0.780. The molecule has 2 aromatic carbocycles. The molecule has 3 aromatic rings. The number of fused-ring (bicyclic) bond motifs is 1. The average molecular weight is 488 g/mol. The van der Waals surface area contributed by atoms with Crippen molar-refractivity contribution in [2.45, 2.75) is 46.3 Å². The fourth-order valence-electron chi connectivity index (χ4n) is 3.38. The summed E-state index contributed by atoms with van der Waals surface area (Å²) in [7, 11) is 0. The third kappa shape index (κ3) is 5.92. The number of carbonyl (C=O) groups is 2. The smallest absolute Gasteiger partial charge is 0.408 e. The van der Waals surface area contributed by atoms with Crippen LogP contribution in [-0.2, 0) is 4.74 Å². The number of urea groups is 1. The van der Waals surface area contributed by atoms with Crippen molar-refractivity contribution < 1.29 is 23.1 Å². The summed E-state index contributed by atoms with van der Waals surface area (Å²) in [5, 5.41) is 7.25. The fourth-order valence-corrected chi connectivity index (χ4v) is 3.38. The van der Waals surface area contributed by atoms with Crippen LogP contribution in [0.2, 0.25) is 0 Å². The number of carbonyl (C=O) groups excluding carboxylic acids is 2. The number of aromatic nitrogens is 2. The van der Waals surface area contributed by atoms with Gasteiger partial charge in [-0.1, -0.05) is 6.07 Å². The number of alkyl carbamates (subject to hydrolysis) is 1. The van der Waals surface area contributed by atoms with Gasteiger partial charge < -0.3 is 20.7 Å². The molecule has 35 heavy (non-hydrogen) atoms. The van der Waals surface area contributed by atoms with Crippen molar-refractivity contribution >= 4 is 28.7 Å². The molecule has 1 aromatic heterocycles. The van der Waals surface area contributed by atoms with Gasteiger partial charge in [0, 0.05) is 12.2 Å². The number of anilines is 1. The minimum atomic E-state index is -0.941. The second-order valence-electron chi connectivity index (χ2n) is 8.77. The fraction of sp³-hybridized carbons (Fsp3) is 0.333. The first kappa shape index (κ1) is 25.6. The second kappa shape index (κ2) is 10.1. The molecule has 0 radical (unpaired) electrons. The van der Waals surface area contributed by atoms with E-state index in [1.807, 2.05) is 0 Å². The highest BCUT2D eigenvalue weighted by atomic mass is 19.1. The van der Waals surface area contributed by atoms with Gasteiger partial charge in [-0.25, -0.2) is 23.4 Å². The van der Waals surface area contributed by atoms with E-state index in [-0.39, 0.29) is 11.5 Å². The Morgan fingerprint density at radius 3 is 2.49 bits per heavy atom. The largest absolute Gasteiger partial charge is 0.444 e. The number of benzene rings is 2. The Morgan fingerprint density at radius 2 is 1.83 bits per heavy atom. The van der Waals surface area contributed by atoms with Crippen LogP contribution < -0.4 is 21.5 Å². The maximum absolute atomic E-state index is 14.6. The zero-order valence-electron chi connectivity index (χ0n) is 20.0. The van der Waals surface area contributed by atoms with E-state index >= 15 is 0 Å². The first-order valence-electron chi connectivity index (χ1n) is 11.0. The van der Waals surface area contributed by atoms with Crippen molar-refractivity contribution in [2.24, 2.45) is 0 Å². The quantitative estimate of drug-likeness (QED) is 0.494. The van der Waals surface area contributed by atoms with E-state index < -0.39 is 51.9 Å². The normalized spacial score (nSPS) is 12.2. The molecule has 0 fully saturated rings. The summed E-state index contributed by atoms with van der Waals surface area (Å²) in [6, 6.07) is 6.52. The lowest BCUT2D eigenvalue weighted by Gasteiger charge is -2.23. The van der Waals surface area contributed by atoms with E-state index in [4.69, 9.17) is 4.74 Å². The van der Waals surface area contributed by atoms with Gasteiger partial charge in [0.25, 0.3) is 5.56 Å². The predicted octanol–water partition coefficient (Wildman–Crippen LogP) is 4.39. The molecular weight excluding hydrogens is 460 g/mol.